The number of hydrogen-bond donors (Lipinski definition) is 3. The highest BCUT2D eigenvalue weighted by molar-refractivity contribution is 6.16. The number of benzene rings is 3. The fourth-order valence-corrected chi connectivity index (χ4v) is 5.94. The van der Waals surface area contributed by atoms with Gasteiger partial charge in [-0.05, 0) is 75.3 Å². The summed E-state index contributed by atoms with van der Waals surface area (Å²) < 4.78 is 11.3. The van der Waals surface area contributed by atoms with Crippen LogP contribution in [-0.2, 0) is 52.9 Å². The van der Waals surface area contributed by atoms with Gasteiger partial charge in [0.15, 0.2) is 0 Å². The largest absolute Gasteiger partial charge is 0.459 e. The van der Waals surface area contributed by atoms with Gasteiger partial charge >= 0.3 is 11.9 Å². The van der Waals surface area contributed by atoms with E-state index in [1.165, 1.54) is 6.92 Å². The number of carbonyl (C=O) groups excluding carboxylic acids is 5. The molecule has 0 aliphatic heterocycles. The quantitative estimate of drug-likeness (QED) is 0.119. The van der Waals surface area contributed by atoms with Crippen LogP contribution in [0, 0.1) is 17.2 Å². The van der Waals surface area contributed by atoms with Crippen LogP contribution in [-0.4, -0.2) is 69.0 Å². The van der Waals surface area contributed by atoms with Crippen molar-refractivity contribution in [2.75, 3.05) is 0 Å². The summed E-state index contributed by atoms with van der Waals surface area (Å²) >= 11 is 0. The Balaban J connectivity index is 2.21. The predicted octanol–water partition coefficient (Wildman–Crippen LogP) is 4.93. The Morgan fingerprint density at radius 3 is 2.02 bits per heavy atom. The summed E-state index contributed by atoms with van der Waals surface area (Å²) in [7, 11) is 0. The molecular weight excluding hydrogens is 700 g/mol. The molecule has 0 radical (unpaired) electrons. The number of nitrogens with one attached hydrogen (secondary N) is 1. The number of esters is 2. The van der Waals surface area contributed by atoms with Crippen molar-refractivity contribution >= 4 is 29.7 Å². The first-order valence-electron chi connectivity index (χ1n) is 18.6. The molecular formula is C43H54N4O8. The second-order valence-electron chi connectivity index (χ2n) is 14.9. The molecule has 0 aliphatic carbocycles. The van der Waals surface area contributed by atoms with Crippen molar-refractivity contribution in [2.24, 2.45) is 11.7 Å². The maximum Gasteiger partial charge on any atom is 0.343 e. The third-order valence-corrected chi connectivity index (χ3v) is 9.10. The zero-order valence-corrected chi connectivity index (χ0v) is 32.6. The first-order valence-corrected chi connectivity index (χ1v) is 18.6. The van der Waals surface area contributed by atoms with E-state index in [2.05, 4.69) is 5.32 Å². The highest BCUT2D eigenvalue weighted by Crippen LogP contribution is 2.30. The van der Waals surface area contributed by atoms with Crippen LogP contribution < -0.4 is 11.1 Å². The molecule has 0 spiro atoms. The van der Waals surface area contributed by atoms with Crippen LogP contribution in [0.15, 0.2) is 84.9 Å². The topological polar surface area (TPSA) is 189 Å². The molecule has 294 valence electrons. The molecule has 55 heavy (non-hydrogen) atoms. The normalized spacial score (nSPS) is 14.5. The third-order valence-electron chi connectivity index (χ3n) is 9.10. The van der Waals surface area contributed by atoms with E-state index in [1.54, 1.807) is 107 Å². The maximum atomic E-state index is 14.9. The molecule has 0 heterocycles. The summed E-state index contributed by atoms with van der Waals surface area (Å²) in [5, 5.41) is 23.1. The Morgan fingerprint density at radius 1 is 0.891 bits per heavy atom. The lowest BCUT2D eigenvalue weighted by Gasteiger charge is -2.42. The molecule has 0 saturated carbocycles. The number of nitrogens with two attached hydrogens (primary N) is 1. The average Bonchev–Trinajstić information content (AvgIpc) is 3.15. The van der Waals surface area contributed by atoms with Crippen molar-refractivity contribution in [1.29, 1.82) is 5.26 Å². The fraction of sp³-hybridized carbons (Fsp3) is 0.442. The van der Waals surface area contributed by atoms with Crippen LogP contribution in [0.1, 0.15) is 89.5 Å². The second kappa shape index (κ2) is 20.3. The molecule has 0 bridgehead atoms. The summed E-state index contributed by atoms with van der Waals surface area (Å²) in [6, 6.07) is 22.7. The number of carbonyl (C=O) groups is 5. The van der Waals surface area contributed by atoms with Gasteiger partial charge in [0, 0.05) is 6.42 Å². The lowest BCUT2D eigenvalue weighted by Crippen LogP contribution is -2.72. The number of nitrogens with zero attached hydrogens (tertiary/aromatic N) is 2. The van der Waals surface area contributed by atoms with Gasteiger partial charge in [-0.3, -0.25) is 19.3 Å². The SMILES string of the molecule is CCCC[C@H](C)[C@@H](O)CC(=O)N(C(=O)[C@H](N)Cc1ccc(C#N)cc1)[C@](Cc1ccccc1)(C(=O)N[C@H](C)C(=O)OCc1ccccc1)C(=O)OC(C)(C)C. The molecule has 0 unspecified atom stereocenters. The monoisotopic (exact) mass is 754 g/mol. The van der Waals surface area contributed by atoms with Gasteiger partial charge in [-0.2, -0.15) is 5.26 Å². The predicted molar refractivity (Wildman–Crippen MR) is 207 cm³/mol. The smallest absolute Gasteiger partial charge is 0.343 e. The Labute approximate surface area is 324 Å². The van der Waals surface area contributed by atoms with Crippen LogP contribution in [0.5, 0.6) is 0 Å². The molecule has 3 aromatic rings. The van der Waals surface area contributed by atoms with E-state index in [0.717, 1.165) is 12.8 Å². The first kappa shape index (κ1) is 44.0. The molecule has 3 rings (SSSR count). The summed E-state index contributed by atoms with van der Waals surface area (Å²) in [5.74, 6) is -5.75. The average molecular weight is 755 g/mol. The van der Waals surface area contributed by atoms with Gasteiger partial charge in [0.25, 0.3) is 5.91 Å². The number of amides is 3. The molecule has 0 aliphatic rings. The number of unbranched alkanes of at least 4 members (excludes halogenated alkanes) is 1. The van der Waals surface area contributed by atoms with Gasteiger partial charge in [0.1, 0.15) is 18.2 Å². The standard InChI is InChI=1S/C43H54N4O8/c1-7-8-15-29(2)36(48)25-37(49)47(38(50)35(45)24-31-20-22-33(27-44)23-21-31)43(41(53)55-42(4,5)6,26-32-16-11-9-12-17-32)40(52)46-30(3)39(51)54-28-34-18-13-10-14-19-34/h9-14,16-23,29-30,35-36,48H,7-8,15,24-26,28,45H2,1-6H3,(H,46,52)/t29-,30+,35+,36-,43+/m0/s1. The molecule has 5 atom stereocenters. The zero-order chi connectivity index (χ0) is 40.8. The summed E-state index contributed by atoms with van der Waals surface area (Å²) in [4.78, 5) is 73.0. The molecule has 0 saturated heterocycles. The summed E-state index contributed by atoms with van der Waals surface area (Å²) in [6.45, 7) is 9.75. The number of hydrogen-bond acceptors (Lipinski definition) is 10. The van der Waals surface area contributed by atoms with Gasteiger partial charge < -0.3 is 25.6 Å². The molecule has 4 N–H and O–H groups in total. The van der Waals surface area contributed by atoms with Crippen LogP contribution in [0.3, 0.4) is 0 Å². The Hall–Kier alpha value is -5.38. The summed E-state index contributed by atoms with van der Waals surface area (Å²) in [6.07, 6.45) is -0.340. The maximum absolute atomic E-state index is 14.9. The minimum Gasteiger partial charge on any atom is -0.459 e. The molecule has 3 aromatic carbocycles. The Morgan fingerprint density at radius 2 is 1.47 bits per heavy atom. The van der Waals surface area contributed by atoms with Crippen LogP contribution >= 0.6 is 0 Å². The zero-order valence-electron chi connectivity index (χ0n) is 32.6. The van der Waals surface area contributed by atoms with Crippen molar-refractivity contribution < 1.29 is 38.6 Å². The molecule has 0 aromatic heterocycles. The molecule has 3 amide bonds. The van der Waals surface area contributed by atoms with Gasteiger partial charge in [0.2, 0.25) is 17.4 Å². The van der Waals surface area contributed by atoms with Crippen molar-refractivity contribution in [2.45, 2.75) is 116 Å². The highest BCUT2D eigenvalue weighted by atomic mass is 16.6. The van der Waals surface area contributed by atoms with Gasteiger partial charge in [-0.15, -0.1) is 0 Å². The molecule has 12 nitrogen and oxygen atoms in total. The minimum absolute atomic E-state index is 0.0947. The van der Waals surface area contributed by atoms with E-state index in [1.807, 2.05) is 19.1 Å². The number of imide groups is 1. The van der Waals surface area contributed by atoms with Gasteiger partial charge in [-0.25, -0.2) is 9.59 Å². The Bertz CT molecular complexity index is 1790. The summed E-state index contributed by atoms with van der Waals surface area (Å²) in [5.41, 5.74) is 4.59. The van der Waals surface area contributed by atoms with E-state index in [9.17, 15) is 34.3 Å². The highest BCUT2D eigenvalue weighted by Gasteiger charge is 2.59. The van der Waals surface area contributed by atoms with Crippen LogP contribution in [0.2, 0.25) is 0 Å². The van der Waals surface area contributed by atoms with Crippen molar-refractivity contribution in [3.05, 3.63) is 107 Å². The number of aliphatic hydroxyl groups excluding tert-OH is 1. The van der Waals surface area contributed by atoms with Crippen molar-refractivity contribution in [3.8, 4) is 6.07 Å². The van der Waals surface area contributed by atoms with E-state index < -0.39 is 71.8 Å². The third kappa shape index (κ3) is 12.6. The van der Waals surface area contributed by atoms with Crippen molar-refractivity contribution in [3.63, 3.8) is 0 Å². The lowest BCUT2D eigenvalue weighted by atomic mass is 9.85. The second-order valence-corrected chi connectivity index (χ2v) is 14.9. The fourth-order valence-electron chi connectivity index (χ4n) is 5.94. The molecule has 12 heteroatoms. The van der Waals surface area contributed by atoms with Gasteiger partial charge in [-0.1, -0.05) is 99.5 Å². The van der Waals surface area contributed by atoms with E-state index in [4.69, 9.17) is 15.2 Å². The number of aliphatic hydroxyl groups is 1. The van der Waals surface area contributed by atoms with E-state index >= 15 is 0 Å². The van der Waals surface area contributed by atoms with E-state index in [0.29, 0.717) is 33.6 Å². The van der Waals surface area contributed by atoms with Crippen LogP contribution in [0.25, 0.3) is 0 Å². The van der Waals surface area contributed by atoms with E-state index in [-0.39, 0.29) is 18.9 Å². The van der Waals surface area contributed by atoms with Crippen LogP contribution in [0.4, 0.5) is 0 Å². The number of rotatable bonds is 18. The minimum atomic E-state index is -2.76. The number of ether oxygens (including phenoxy) is 2. The Kier molecular flexibility index (Phi) is 16.3. The lowest BCUT2D eigenvalue weighted by molar-refractivity contribution is -0.183. The molecule has 0 fully saturated rings. The number of nitriles is 1. The van der Waals surface area contributed by atoms with Gasteiger partial charge in [0.05, 0.1) is 30.2 Å². The van der Waals surface area contributed by atoms with Crippen molar-refractivity contribution in [1.82, 2.24) is 10.2 Å². The first-order chi connectivity index (χ1) is 26.0.